The number of aliphatic hydroxyl groups is 1. The zero-order valence-corrected chi connectivity index (χ0v) is 15.4. The number of alkyl halides is 3. The summed E-state index contributed by atoms with van der Waals surface area (Å²) in [6, 6.07) is 10.5. The van der Waals surface area contributed by atoms with Crippen molar-refractivity contribution in [3.63, 3.8) is 0 Å². The molecule has 1 saturated heterocycles. The van der Waals surface area contributed by atoms with Crippen molar-refractivity contribution in [1.29, 1.82) is 0 Å². The molecule has 0 unspecified atom stereocenters. The molecule has 2 aliphatic rings. The van der Waals surface area contributed by atoms with Crippen LogP contribution < -0.4 is 4.90 Å². The number of halogens is 3. The van der Waals surface area contributed by atoms with Gasteiger partial charge in [0.05, 0.1) is 19.0 Å². The molecule has 2 fully saturated rings. The molecule has 0 amide bonds. The van der Waals surface area contributed by atoms with E-state index in [1.807, 2.05) is 12.1 Å². The van der Waals surface area contributed by atoms with Crippen molar-refractivity contribution in [2.45, 2.75) is 41.9 Å². The number of rotatable bonds is 5. The van der Waals surface area contributed by atoms with Gasteiger partial charge in [0.2, 0.25) is 0 Å². The molecule has 1 N–H and O–H groups in total. The van der Waals surface area contributed by atoms with Gasteiger partial charge in [-0.1, -0.05) is 0 Å². The van der Waals surface area contributed by atoms with E-state index in [-0.39, 0.29) is 28.8 Å². The summed E-state index contributed by atoms with van der Waals surface area (Å²) < 4.78 is 37.5. The minimum atomic E-state index is -4.26. The van der Waals surface area contributed by atoms with Crippen molar-refractivity contribution in [1.82, 2.24) is 9.88 Å². The number of pyridine rings is 1. The van der Waals surface area contributed by atoms with E-state index in [1.54, 1.807) is 18.3 Å². The Morgan fingerprint density at radius 3 is 2.52 bits per heavy atom. The maximum Gasteiger partial charge on any atom is 0.446 e. The smallest absolute Gasteiger partial charge is 0.390 e. The Morgan fingerprint density at radius 2 is 1.89 bits per heavy atom. The molecule has 0 radical (unpaired) electrons. The molecule has 0 bridgehead atoms. The van der Waals surface area contributed by atoms with Crippen LogP contribution in [0.3, 0.4) is 0 Å². The second-order valence-electron chi connectivity index (χ2n) is 7.12. The zero-order chi connectivity index (χ0) is 19.1. The van der Waals surface area contributed by atoms with Crippen LogP contribution in [0.15, 0.2) is 47.5 Å². The van der Waals surface area contributed by atoms with E-state index in [2.05, 4.69) is 14.8 Å². The van der Waals surface area contributed by atoms with E-state index < -0.39 is 5.51 Å². The number of anilines is 1. The summed E-state index contributed by atoms with van der Waals surface area (Å²) in [7, 11) is 0. The van der Waals surface area contributed by atoms with Crippen LogP contribution in [-0.4, -0.2) is 39.3 Å². The third-order valence-electron chi connectivity index (χ3n) is 5.18. The van der Waals surface area contributed by atoms with Crippen molar-refractivity contribution in [3.8, 4) is 0 Å². The molecule has 4 rings (SSSR count). The fourth-order valence-electron chi connectivity index (χ4n) is 3.66. The van der Waals surface area contributed by atoms with Gasteiger partial charge in [0.15, 0.2) is 0 Å². The van der Waals surface area contributed by atoms with E-state index in [0.717, 1.165) is 43.9 Å². The fourth-order valence-corrected chi connectivity index (χ4v) is 4.20. The number of thioether (sulfide) groups is 1. The van der Waals surface area contributed by atoms with Gasteiger partial charge in [-0.2, -0.15) is 13.2 Å². The van der Waals surface area contributed by atoms with Crippen molar-refractivity contribution in [3.05, 3.63) is 53.9 Å². The monoisotopic (exact) mass is 395 g/mol. The van der Waals surface area contributed by atoms with Crippen molar-refractivity contribution in [2.24, 2.45) is 0 Å². The van der Waals surface area contributed by atoms with Crippen LogP contribution in [0.5, 0.6) is 0 Å². The molecule has 1 aliphatic heterocycles. The summed E-state index contributed by atoms with van der Waals surface area (Å²) in [6.45, 7) is 2.32. The average molecular weight is 395 g/mol. The lowest BCUT2D eigenvalue weighted by molar-refractivity contribution is -0.0328. The molecular weight excluding hydrogens is 375 g/mol. The first-order valence-corrected chi connectivity index (χ1v) is 9.59. The number of hydrogen-bond acceptors (Lipinski definition) is 5. The lowest BCUT2D eigenvalue weighted by atomic mass is 10.2. The second-order valence-corrected chi connectivity index (χ2v) is 8.26. The van der Waals surface area contributed by atoms with Crippen LogP contribution in [0.1, 0.15) is 24.1 Å². The van der Waals surface area contributed by atoms with Gasteiger partial charge in [0.25, 0.3) is 0 Å². The van der Waals surface area contributed by atoms with Crippen LogP contribution in [0.4, 0.5) is 18.9 Å². The van der Waals surface area contributed by atoms with E-state index >= 15 is 0 Å². The normalized spacial score (nSPS) is 19.0. The fraction of sp³-hybridized carbons (Fsp3) is 0.421. The molecular formula is C19H20F3N3OS. The van der Waals surface area contributed by atoms with Crippen molar-refractivity contribution < 1.29 is 18.3 Å². The lowest BCUT2D eigenvalue weighted by Crippen LogP contribution is -2.32. The number of aliphatic hydroxyl groups excluding tert-OH is 1. The standard InChI is InChI=1S/C19H20F3N3OS/c20-19(21,22)27-17-3-1-16(2-4-17)24-12-18(6-7-18)25(13-24)10-14-5-8-23-15(9-14)11-26/h1-5,8-9,26H,6-7,10-13H2. The first kappa shape index (κ1) is 18.6. The topological polar surface area (TPSA) is 39.6 Å². The molecule has 1 spiro atoms. The van der Waals surface area contributed by atoms with Crippen molar-refractivity contribution >= 4 is 17.4 Å². The molecule has 1 aromatic carbocycles. The van der Waals surface area contributed by atoms with Gasteiger partial charge in [-0.05, 0) is 66.6 Å². The SMILES string of the molecule is OCc1cc(CN2CN(c3ccc(SC(F)(F)F)cc3)CC23CC3)ccn1. The summed E-state index contributed by atoms with van der Waals surface area (Å²) in [5, 5.41) is 9.27. The Kier molecular flexibility index (Phi) is 4.82. The third kappa shape index (κ3) is 4.23. The molecule has 2 aromatic rings. The van der Waals surface area contributed by atoms with E-state index in [1.165, 1.54) is 12.1 Å². The predicted molar refractivity (Wildman–Crippen MR) is 98.2 cm³/mol. The second kappa shape index (κ2) is 7.00. The van der Waals surface area contributed by atoms with Gasteiger partial charge in [-0.3, -0.25) is 9.88 Å². The van der Waals surface area contributed by atoms with Gasteiger partial charge in [-0.25, -0.2) is 0 Å². The van der Waals surface area contributed by atoms with Gasteiger partial charge >= 0.3 is 5.51 Å². The molecule has 1 saturated carbocycles. The molecule has 144 valence electrons. The molecule has 8 heteroatoms. The third-order valence-corrected chi connectivity index (χ3v) is 5.92. The minimum Gasteiger partial charge on any atom is -0.390 e. The van der Waals surface area contributed by atoms with E-state index in [0.29, 0.717) is 5.69 Å². The lowest BCUT2D eigenvalue weighted by Gasteiger charge is -2.22. The largest absolute Gasteiger partial charge is 0.446 e. The van der Waals surface area contributed by atoms with Gasteiger partial charge in [0, 0.05) is 35.4 Å². The number of hydrogen-bond donors (Lipinski definition) is 1. The Labute approximate surface area is 160 Å². The zero-order valence-electron chi connectivity index (χ0n) is 14.6. The van der Waals surface area contributed by atoms with Crippen LogP contribution >= 0.6 is 11.8 Å². The molecule has 0 atom stereocenters. The molecule has 2 heterocycles. The molecule has 1 aliphatic carbocycles. The van der Waals surface area contributed by atoms with Crippen LogP contribution in [-0.2, 0) is 13.2 Å². The quantitative estimate of drug-likeness (QED) is 0.775. The summed E-state index contributed by atoms with van der Waals surface area (Å²) in [4.78, 5) is 8.97. The van der Waals surface area contributed by atoms with Gasteiger partial charge in [-0.15, -0.1) is 0 Å². The number of benzene rings is 1. The molecule has 4 nitrogen and oxygen atoms in total. The van der Waals surface area contributed by atoms with Gasteiger partial charge in [0.1, 0.15) is 0 Å². The Bertz CT molecular complexity index is 809. The molecule has 1 aromatic heterocycles. The average Bonchev–Trinajstić information content (AvgIpc) is 3.32. The Hall–Kier alpha value is -1.77. The van der Waals surface area contributed by atoms with E-state index in [4.69, 9.17) is 0 Å². The highest BCUT2D eigenvalue weighted by atomic mass is 32.2. The Balaban J connectivity index is 1.45. The van der Waals surface area contributed by atoms with E-state index in [9.17, 15) is 18.3 Å². The minimum absolute atomic E-state index is 0.0760. The first-order valence-electron chi connectivity index (χ1n) is 8.77. The summed E-state index contributed by atoms with van der Waals surface area (Å²) in [5.74, 6) is 0. The van der Waals surface area contributed by atoms with Gasteiger partial charge < -0.3 is 10.0 Å². The maximum absolute atomic E-state index is 12.5. The highest BCUT2D eigenvalue weighted by molar-refractivity contribution is 8.00. The highest BCUT2D eigenvalue weighted by Crippen LogP contribution is 2.48. The van der Waals surface area contributed by atoms with Crippen molar-refractivity contribution in [2.75, 3.05) is 18.1 Å². The Morgan fingerprint density at radius 1 is 1.15 bits per heavy atom. The summed E-state index contributed by atoms with van der Waals surface area (Å²) >= 11 is -0.0854. The van der Waals surface area contributed by atoms with Crippen LogP contribution in [0.25, 0.3) is 0 Å². The highest BCUT2D eigenvalue weighted by Gasteiger charge is 2.53. The van der Waals surface area contributed by atoms with Crippen LogP contribution in [0, 0.1) is 0 Å². The predicted octanol–water partition coefficient (Wildman–Crippen LogP) is 4.00. The first-order chi connectivity index (χ1) is 12.9. The number of nitrogens with zero attached hydrogens (tertiary/aromatic N) is 3. The number of aromatic nitrogens is 1. The summed E-state index contributed by atoms with van der Waals surface area (Å²) in [6.07, 6.45) is 3.97. The maximum atomic E-state index is 12.5. The van der Waals surface area contributed by atoms with Crippen LogP contribution in [0.2, 0.25) is 0 Å². The summed E-state index contributed by atoms with van der Waals surface area (Å²) in [5.41, 5.74) is -1.39. The molecule has 27 heavy (non-hydrogen) atoms.